The number of rotatable bonds is 5. The summed E-state index contributed by atoms with van der Waals surface area (Å²) in [7, 11) is 1.64. The van der Waals surface area contributed by atoms with Gasteiger partial charge in [-0.05, 0) is 57.1 Å². The number of aromatic nitrogens is 2. The highest BCUT2D eigenvalue weighted by molar-refractivity contribution is 5.90. The summed E-state index contributed by atoms with van der Waals surface area (Å²) >= 11 is 0. The van der Waals surface area contributed by atoms with Crippen molar-refractivity contribution in [3.8, 4) is 11.4 Å². The number of methoxy groups -OCH3 is 1. The minimum Gasteiger partial charge on any atom is -0.497 e. The molecule has 0 saturated carbocycles. The number of benzene rings is 1. The second-order valence-corrected chi connectivity index (χ2v) is 5.80. The molecule has 1 aliphatic heterocycles. The van der Waals surface area contributed by atoms with Crippen molar-refractivity contribution in [1.29, 1.82) is 0 Å². The molecule has 1 aromatic heterocycles. The molecule has 1 N–H and O–H groups in total. The molecule has 0 spiro atoms. The van der Waals surface area contributed by atoms with Crippen molar-refractivity contribution < 1.29 is 14.3 Å². The van der Waals surface area contributed by atoms with E-state index in [-0.39, 0.29) is 11.9 Å². The van der Waals surface area contributed by atoms with Crippen LogP contribution < -0.4 is 10.1 Å². The highest BCUT2D eigenvalue weighted by Crippen LogP contribution is 2.31. The molecule has 0 radical (unpaired) electrons. The van der Waals surface area contributed by atoms with Crippen LogP contribution in [0.3, 0.4) is 0 Å². The maximum Gasteiger partial charge on any atom is 0.341 e. The van der Waals surface area contributed by atoms with E-state index in [9.17, 15) is 4.79 Å². The summed E-state index contributed by atoms with van der Waals surface area (Å²) in [6.07, 6.45) is 3.59. The second-order valence-electron chi connectivity index (χ2n) is 5.80. The number of hydrogen-bond acceptors (Lipinski definition) is 5. The van der Waals surface area contributed by atoms with Crippen LogP contribution in [0.2, 0.25) is 0 Å². The van der Waals surface area contributed by atoms with Gasteiger partial charge in [0, 0.05) is 5.92 Å². The fraction of sp³-hybridized carbons (Fsp3) is 0.444. The number of carbonyl (C=O) groups excluding carboxylic acids is 1. The van der Waals surface area contributed by atoms with Crippen molar-refractivity contribution >= 4 is 5.97 Å². The summed E-state index contributed by atoms with van der Waals surface area (Å²) in [6.45, 7) is 4.07. The first-order valence-electron chi connectivity index (χ1n) is 8.34. The largest absolute Gasteiger partial charge is 0.497 e. The lowest BCUT2D eigenvalue weighted by atomic mass is 9.92. The Kier molecular flexibility index (Phi) is 5.15. The molecule has 0 unspecified atom stereocenters. The van der Waals surface area contributed by atoms with Gasteiger partial charge < -0.3 is 14.8 Å². The van der Waals surface area contributed by atoms with Gasteiger partial charge in [-0.2, -0.15) is 5.10 Å². The zero-order valence-corrected chi connectivity index (χ0v) is 14.1. The molecule has 24 heavy (non-hydrogen) atoms. The van der Waals surface area contributed by atoms with Crippen LogP contribution in [0, 0.1) is 0 Å². The molecule has 0 amide bonds. The Morgan fingerprint density at radius 2 is 2.00 bits per heavy atom. The van der Waals surface area contributed by atoms with Crippen molar-refractivity contribution in [2.75, 3.05) is 26.8 Å². The number of esters is 1. The van der Waals surface area contributed by atoms with E-state index >= 15 is 0 Å². The van der Waals surface area contributed by atoms with Crippen LogP contribution in [0.15, 0.2) is 30.5 Å². The molecule has 128 valence electrons. The van der Waals surface area contributed by atoms with Crippen LogP contribution in [0.4, 0.5) is 0 Å². The lowest BCUT2D eigenvalue weighted by Crippen LogP contribution is -2.28. The molecule has 6 nitrogen and oxygen atoms in total. The van der Waals surface area contributed by atoms with E-state index in [1.807, 2.05) is 35.9 Å². The third kappa shape index (κ3) is 3.28. The van der Waals surface area contributed by atoms with Crippen molar-refractivity contribution in [1.82, 2.24) is 15.1 Å². The monoisotopic (exact) mass is 329 g/mol. The summed E-state index contributed by atoms with van der Waals surface area (Å²) in [5, 5.41) is 7.84. The number of ether oxygens (including phenoxy) is 2. The highest BCUT2D eigenvalue weighted by Gasteiger charge is 2.27. The molecule has 1 saturated heterocycles. The Bertz CT molecular complexity index is 688. The van der Waals surface area contributed by atoms with Gasteiger partial charge in [0.25, 0.3) is 0 Å². The lowest BCUT2D eigenvalue weighted by Gasteiger charge is -2.24. The molecule has 2 aromatic rings. The highest BCUT2D eigenvalue weighted by atomic mass is 16.5. The Hall–Kier alpha value is -2.34. The van der Waals surface area contributed by atoms with Crippen molar-refractivity contribution in [2.45, 2.75) is 25.7 Å². The van der Waals surface area contributed by atoms with Gasteiger partial charge in [-0.1, -0.05) is 0 Å². The lowest BCUT2D eigenvalue weighted by molar-refractivity contribution is 0.0524. The first-order valence-corrected chi connectivity index (χ1v) is 8.34. The molecular weight excluding hydrogens is 306 g/mol. The van der Waals surface area contributed by atoms with Crippen LogP contribution in [0.25, 0.3) is 5.69 Å². The third-order valence-corrected chi connectivity index (χ3v) is 4.34. The van der Waals surface area contributed by atoms with Gasteiger partial charge in [-0.25, -0.2) is 9.48 Å². The van der Waals surface area contributed by atoms with Crippen LogP contribution >= 0.6 is 0 Å². The van der Waals surface area contributed by atoms with Gasteiger partial charge in [0.05, 0.1) is 31.3 Å². The van der Waals surface area contributed by atoms with E-state index in [0.29, 0.717) is 12.2 Å². The number of nitrogens with zero attached hydrogens (tertiary/aromatic N) is 2. The molecule has 1 aliphatic rings. The average molecular weight is 329 g/mol. The Labute approximate surface area is 141 Å². The average Bonchev–Trinajstić information content (AvgIpc) is 3.08. The van der Waals surface area contributed by atoms with Crippen molar-refractivity contribution in [3.63, 3.8) is 0 Å². The van der Waals surface area contributed by atoms with Gasteiger partial charge in [-0.15, -0.1) is 0 Å². The van der Waals surface area contributed by atoms with E-state index in [1.165, 1.54) is 0 Å². The smallest absolute Gasteiger partial charge is 0.341 e. The topological polar surface area (TPSA) is 65.4 Å². The zero-order valence-electron chi connectivity index (χ0n) is 14.1. The molecule has 2 heterocycles. The Morgan fingerprint density at radius 3 is 2.62 bits per heavy atom. The maximum atomic E-state index is 12.3. The summed E-state index contributed by atoms with van der Waals surface area (Å²) in [6, 6.07) is 7.69. The number of hydrogen-bond donors (Lipinski definition) is 1. The molecular formula is C18H23N3O3. The second kappa shape index (κ2) is 7.49. The maximum absolute atomic E-state index is 12.3. The van der Waals surface area contributed by atoms with Gasteiger partial charge in [0.15, 0.2) is 0 Å². The number of nitrogens with one attached hydrogen (secondary N) is 1. The molecule has 1 aromatic carbocycles. The normalized spacial score (nSPS) is 15.2. The predicted octanol–water partition coefficient (Wildman–Crippen LogP) is 2.52. The summed E-state index contributed by atoms with van der Waals surface area (Å²) in [5.74, 6) is 0.779. The van der Waals surface area contributed by atoms with Crippen LogP contribution in [0.1, 0.15) is 41.7 Å². The van der Waals surface area contributed by atoms with Gasteiger partial charge in [0.2, 0.25) is 0 Å². The fourth-order valence-electron chi connectivity index (χ4n) is 3.14. The standard InChI is InChI=1S/C18H23N3O3/c1-3-24-18(22)16-12-20-21(14-4-6-15(23-2)7-5-14)17(16)13-8-10-19-11-9-13/h4-7,12-13,19H,3,8-11H2,1-2H3. The minimum atomic E-state index is -0.300. The minimum absolute atomic E-state index is 0.287. The Balaban J connectivity index is 2.02. The summed E-state index contributed by atoms with van der Waals surface area (Å²) in [5.41, 5.74) is 2.43. The fourth-order valence-corrected chi connectivity index (χ4v) is 3.14. The van der Waals surface area contributed by atoms with E-state index < -0.39 is 0 Å². The third-order valence-electron chi connectivity index (χ3n) is 4.34. The molecule has 3 rings (SSSR count). The van der Waals surface area contributed by atoms with Crippen LogP contribution in [-0.4, -0.2) is 42.6 Å². The summed E-state index contributed by atoms with van der Waals surface area (Å²) in [4.78, 5) is 12.3. The van der Waals surface area contributed by atoms with Crippen LogP contribution in [-0.2, 0) is 4.74 Å². The molecule has 6 heteroatoms. The zero-order chi connectivity index (χ0) is 16.9. The first kappa shape index (κ1) is 16.5. The van der Waals surface area contributed by atoms with E-state index in [0.717, 1.165) is 43.1 Å². The van der Waals surface area contributed by atoms with Gasteiger partial charge in [0.1, 0.15) is 11.3 Å². The molecule has 0 aliphatic carbocycles. The summed E-state index contributed by atoms with van der Waals surface area (Å²) < 4.78 is 12.3. The number of carbonyl (C=O) groups is 1. The van der Waals surface area contributed by atoms with E-state index in [2.05, 4.69) is 10.4 Å². The van der Waals surface area contributed by atoms with Crippen molar-refractivity contribution in [3.05, 3.63) is 41.7 Å². The molecule has 0 bridgehead atoms. The number of piperidine rings is 1. The van der Waals surface area contributed by atoms with Crippen molar-refractivity contribution in [2.24, 2.45) is 0 Å². The SMILES string of the molecule is CCOC(=O)c1cnn(-c2ccc(OC)cc2)c1C1CCNCC1. The molecule has 1 fully saturated rings. The molecule has 0 atom stereocenters. The quantitative estimate of drug-likeness (QED) is 0.854. The predicted molar refractivity (Wildman–Crippen MR) is 90.9 cm³/mol. The van der Waals surface area contributed by atoms with E-state index in [4.69, 9.17) is 9.47 Å². The Morgan fingerprint density at radius 1 is 1.29 bits per heavy atom. The van der Waals surface area contributed by atoms with Crippen LogP contribution in [0.5, 0.6) is 5.75 Å². The first-order chi connectivity index (χ1) is 11.7. The van der Waals surface area contributed by atoms with Gasteiger partial charge >= 0.3 is 5.97 Å². The van der Waals surface area contributed by atoms with Gasteiger partial charge in [-0.3, -0.25) is 0 Å². The van der Waals surface area contributed by atoms with E-state index in [1.54, 1.807) is 13.3 Å².